The van der Waals surface area contributed by atoms with Crippen LogP contribution in [0.2, 0.25) is 0 Å². The highest BCUT2D eigenvalue weighted by Gasteiger charge is 2.16. The average Bonchev–Trinajstić information content (AvgIpc) is 2.46. The fourth-order valence-corrected chi connectivity index (χ4v) is 2.61. The van der Waals surface area contributed by atoms with Gasteiger partial charge in [-0.15, -0.1) is 0 Å². The third-order valence-electron chi connectivity index (χ3n) is 3.04. The highest BCUT2D eigenvalue weighted by atomic mass is 79.9. The van der Waals surface area contributed by atoms with Crippen LogP contribution in [0.1, 0.15) is 11.3 Å². The number of ether oxygens (including phenoxy) is 2. The summed E-state index contributed by atoms with van der Waals surface area (Å²) in [5.41, 5.74) is 1.57. The molecule has 108 valence electrons. The number of rotatable bonds is 3. The van der Waals surface area contributed by atoms with E-state index in [0.29, 0.717) is 32.8 Å². The molecule has 1 N–H and O–H groups in total. The Morgan fingerprint density at radius 3 is 2.33 bits per heavy atom. The van der Waals surface area contributed by atoms with Crippen molar-refractivity contribution >= 4 is 15.9 Å². The van der Waals surface area contributed by atoms with Gasteiger partial charge in [-0.2, -0.15) is 5.26 Å². The van der Waals surface area contributed by atoms with Crippen molar-refractivity contribution in [2.24, 2.45) is 0 Å². The number of benzene rings is 1. The van der Waals surface area contributed by atoms with Gasteiger partial charge in [-0.25, -0.2) is 0 Å². The highest BCUT2D eigenvalue weighted by molar-refractivity contribution is 9.10. The van der Waals surface area contributed by atoms with Crippen LogP contribution in [0, 0.1) is 18.3 Å². The summed E-state index contributed by atoms with van der Waals surface area (Å²) in [4.78, 5) is 14.5. The lowest BCUT2D eigenvalue weighted by molar-refractivity contribution is 0.355. The Morgan fingerprint density at radius 1 is 1.14 bits per heavy atom. The fourth-order valence-electron chi connectivity index (χ4n) is 2.07. The average molecular weight is 349 g/mol. The minimum atomic E-state index is -0.408. The summed E-state index contributed by atoms with van der Waals surface area (Å²) in [6.45, 7) is 1.76. The van der Waals surface area contributed by atoms with Gasteiger partial charge in [0.1, 0.15) is 11.6 Å². The predicted molar refractivity (Wildman–Crippen MR) is 82.8 cm³/mol. The number of nitriles is 1. The number of hydrogen-bond acceptors (Lipinski definition) is 4. The molecule has 0 aliphatic rings. The maximum Gasteiger partial charge on any atom is 0.266 e. The van der Waals surface area contributed by atoms with E-state index in [4.69, 9.17) is 9.47 Å². The second kappa shape index (κ2) is 6.02. The molecule has 0 radical (unpaired) electrons. The molecule has 0 atom stereocenters. The summed E-state index contributed by atoms with van der Waals surface area (Å²) < 4.78 is 11.2. The number of nitrogens with one attached hydrogen (secondary N) is 1. The molecule has 0 bridgehead atoms. The normalized spacial score (nSPS) is 10.0. The Balaban J connectivity index is 2.79. The van der Waals surface area contributed by atoms with E-state index in [1.165, 1.54) is 7.11 Å². The van der Waals surface area contributed by atoms with Crippen molar-refractivity contribution in [2.45, 2.75) is 6.92 Å². The number of pyridine rings is 1. The third kappa shape index (κ3) is 2.78. The van der Waals surface area contributed by atoms with Crippen LogP contribution in [-0.2, 0) is 0 Å². The number of aromatic nitrogens is 1. The summed E-state index contributed by atoms with van der Waals surface area (Å²) >= 11 is 3.44. The lowest BCUT2D eigenvalue weighted by Crippen LogP contribution is -2.12. The van der Waals surface area contributed by atoms with Gasteiger partial charge in [-0.3, -0.25) is 4.79 Å². The molecule has 0 aliphatic carbocycles. The van der Waals surface area contributed by atoms with E-state index >= 15 is 0 Å². The zero-order valence-corrected chi connectivity index (χ0v) is 13.4. The molecule has 21 heavy (non-hydrogen) atoms. The van der Waals surface area contributed by atoms with Gasteiger partial charge in [0.2, 0.25) is 0 Å². The third-order valence-corrected chi connectivity index (χ3v) is 3.70. The quantitative estimate of drug-likeness (QED) is 0.924. The molecule has 5 nitrogen and oxygen atoms in total. The van der Waals surface area contributed by atoms with Gasteiger partial charge in [0.25, 0.3) is 5.56 Å². The number of H-pyrrole nitrogens is 1. The zero-order valence-electron chi connectivity index (χ0n) is 11.8. The molecule has 0 saturated carbocycles. The Hall–Kier alpha value is -2.26. The summed E-state index contributed by atoms with van der Waals surface area (Å²) in [5.74, 6) is 1.09. The first kappa shape index (κ1) is 15.1. The highest BCUT2D eigenvalue weighted by Crippen LogP contribution is 2.39. The second-order valence-electron chi connectivity index (χ2n) is 4.37. The molecule has 1 heterocycles. The summed E-state index contributed by atoms with van der Waals surface area (Å²) in [5, 5.41) is 9.23. The maximum atomic E-state index is 11.9. The van der Waals surface area contributed by atoms with E-state index in [1.807, 2.05) is 6.07 Å². The first-order valence-corrected chi connectivity index (χ1v) is 6.87. The van der Waals surface area contributed by atoms with Crippen LogP contribution in [0.25, 0.3) is 11.1 Å². The number of halogens is 1. The van der Waals surface area contributed by atoms with Crippen molar-refractivity contribution in [3.05, 3.63) is 44.3 Å². The Bertz CT molecular complexity index is 791. The molecule has 6 heteroatoms. The van der Waals surface area contributed by atoms with Crippen LogP contribution >= 0.6 is 15.9 Å². The van der Waals surface area contributed by atoms with Crippen molar-refractivity contribution < 1.29 is 9.47 Å². The molecule has 1 aromatic carbocycles. The molecule has 0 unspecified atom stereocenters. The van der Waals surface area contributed by atoms with E-state index < -0.39 is 5.56 Å². The smallest absolute Gasteiger partial charge is 0.266 e. The van der Waals surface area contributed by atoms with E-state index in [2.05, 4.69) is 20.9 Å². The standard InChI is InChI=1S/C15H13BrN2O3/c1-8-4-9(11(7-17)15(19)18-8)10-5-13(20-2)14(21-3)6-12(10)16/h4-6H,1-3H3,(H,18,19). The van der Waals surface area contributed by atoms with Crippen molar-refractivity contribution in [3.63, 3.8) is 0 Å². The Kier molecular flexibility index (Phi) is 4.34. The van der Waals surface area contributed by atoms with Gasteiger partial charge < -0.3 is 14.5 Å². The van der Waals surface area contributed by atoms with Gasteiger partial charge in [-0.1, -0.05) is 15.9 Å². The van der Waals surface area contributed by atoms with Crippen LogP contribution in [0.3, 0.4) is 0 Å². The van der Waals surface area contributed by atoms with Crippen molar-refractivity contribution in [3.8, 4) is 28.7 Å². The Labute approximate surface area is 130 Å². The van der Waals surface area contributed by atoms with Gasteiger partial charge in [0.15, 0.2) is 11.5 Å². The molecule has 0 aliphatic heterocycles. The minimum absolute atomic E-state index is 0.0634. The molecule has 2 aromatic rings. The van der Waals surface area contributed by atoms with Crippen LogP contribution in [-0.4, -0.2) is 19.2 Å². The molecule has 2 rings (SSSR count). The molecule has 0 fully saturated rings. The van der Waals surface area contributed by atoms with E-state index in [-0.39, 0.29) is 5.56 Å². The predicted octanol–water partition coefficient (Wildman–Crippen LogP) is 3.00. The molecule has 0 saturated heterocycles. The number of hydrogen-bond donors (Lipinski definition) is 1. The van der Waals surface area contributed by atoms with E-state index in [1.54, 1.807) is 32.2 Å². The Morgan fingerprint density at radius 2 is 1.76 bits per heavy atom. The number of aromatic amines is 1. The monoisotopic (exact) mass is 348 g/mol. The molecule has 1 aromatic heterocycles. The first-order chi connectivity index (χ1) is 10.0. The van der Waals surface area contributed by atoms with E-state index in [0.717, 1.165) is 0 Å². The molecular formula is C15H13BrN2O3. The minimum Gasteiger partial charge on any atom is -0.493 e. The lowest BCUT2D eigenvalue weighted by Gasteiger charge is -2.13. The summed E-state index contributed by atoms with van der Waals surface area (Å²) in [6.07, 6.45) is 0. The number of nitrogens with zero attached hydrogens (tertiary/aromatic N) is 1. The molecular weight excluding hydrogens is 336 g/mol. The van der Waals surface area contributed by atoms with Crippen LogP contribution < -0.4 is 15.0 Å². The van der Waals surface area contributed by atoms with Crippen molar-refractivity contribution in [1.82, 2.24) is 4.98 Å². The second-order valence-corrected chi connectivity index (χ2v) is 5.22. The van der Waals surface area contributed by atoms with Gasteiger partial charge >= 0.3 is 0 Å². The van der Waals surface area contributed by atoms with E-state index in [9.17, 15) is 10.1 Å². The van der Waals surface area contributed by atoms with Gasteiger partial charge in [0, 0.05) is 21.3 Å². The number of aryl methyl sites for hydroxylation is 1. The van der Waals surface area contributed by atoms with Crippen LogP contribution in [0.4, 0.5) is 0 Å². The summed E-state index contributed by atoms with van der Waals surface area (Å²) in [6, 6.07) is 7.18. The lowest BCUT2D eigenvalue weighted by atomic mass is 10.0. The van der Waals surface area contributed by atoms with Crippen LogP contribution in [0.5, 0.6) is 11.5 Å². The van der Waals surface area contributed by atoms with Crippen LogP contribution in [0.15, 0.2) is 27.5 Å². The SMILES string of the molecule is COc1cc(Br)c(-c2cc(C)[nH]c(=O)c2C#N)cc1OC. The van der Waals surface area contributed by atoms with Gasteiger partial charge in [-0.05, 0) is 25.1 Å². The molecule has 0 amide bonds. The zero-order chi connectivity index (χ0) is 15.6. The first-order valence-electron chi connectivity index (χ1n) is 6.07. The number of methoxy groups -OCH3 is 2. The fraction of sp³-hybridized carbons (Fsp3) is 0.200. The van der Waals surface area contributed by atoms with Gasteiger partial charge in [0.05, 0.1) is 14.2 Å². The maximum absolute atomic E-state index is 11.9. The van der Waals surface area contributed by atoms with Crippen molar-refractivity contribution in [1.29, 1.82) is 5.26 Å². The summed E-state index contributed by atoms with van der Waals surface area (Å²) in [7, 11) is 3.08. The molecule has 0 spiro atoms. The largest absolute Gasteiger partial charge is 0.493 e. The topological polar surface area (TPSA) is 75.1 Å². The van der Waals surface area contributed by atoms with Crippen molar-refractivity contribution in [2.75, 3.05) is 14.2 Å².